The van der Waals surface area contributed by atoms with Gasteiger partial charge in [0.15, 0.2) is 0 Å². The molecule has 3 N–H and O–H groups in total. The predicted molar refractivity (Wildman–Crippen MR) is 98.3 cm³/mol. The van der Waals surface area contributed by atoms with Crippen LogP contribution in [0.25, 0.3) is 0 Å². The largest absolute Gasteiger partial charge is 0.350 e. The highest BCUT2D eigenvalue weighted by Crippen LogP contribution is 2.12. The lowest BCUT2D eigenvalue weighted by Crippen LogP contribution is -2.40. The Kier molecular flexibility index (Phi) is 5.92. The minimum absolute atomic E-state index is 0.112. The third kappa shape index (κ3) is 4.24. The lowest BCUT2D eigenvalue weighted by Gasteiger charge is -2.23. The zero-order valence-electron chi connectivity index (χ0n) is 15.2. The number of carbonyl (C=O) groups excluding carboxylic acids is 2. The molecule has 142 valence electrons. The van der Waals surface area contributed by atoms with E-state index >= 15 is 0 Å². The molecule has 2 saturated heterocycles. The number of pyridine rings is 1. The second-order valence-electron chi connectivity index (χ2n) is 7.02. The van der Waals surface area contributed by atoms with Gasteiger partial charge in [-0.2, -0.15) is 0 Å². The van der Waals surface area contributed by atoms with Gasteiger partial charge in [-0.25, -0.2) is 4.79 Å². The third-order valence-corrected chi connectivity index (χ3v) is 5.07. The molecule has 2 aliphatic rings. The maximum Gasteiger partial charge on any atom is 0.317 e. The fourth-order valence-corrected chi connectivity index (χ4v) is 3.56. The Balaban J connectivity index is 1.63. The Labute approximate surface area is 152 Å². The smallest absolute Gasteiger partial charge is 0.317 e. The number of rotatable bonds is 6. The molecule has 1 aromatic heterocycles. The van der Waals surface area contributed by atoms with Gasteiger partial charge in [-0.05, 0) is 50.4 Å². The number of nitrogens with one attached hydrogen (secondary N) is 3. The zero-order chi connectivity index (χ0) is 18.5. The average Bonchev–Trinajstić information content (AvgIpc) is 3.04. The molecular weight excluding hydrogens is 334 g/mol. The van der Waals surface area contributed by atoms with Crippen molar-refractivity contribution in [2.24, 2.45) is 5.92 Å². The van der Waals surface area contributed by atoms with Gasteiger partial charge in [0.25, 0.3) is 11.5 Å². The van der Waals surface area contributed by atoms with Crippen molar-refractivity contribution in [2.45, 2.75) is 26.3 Å². The Morgan fingerprint density at radius 3 is 2.88 bits per heavy atom. The van der Waals surface area contributed by atoms with Crippen molar-refractivity contribution in [1.82, 2.24) is 25.4 Å². The quantitative estimate of drug-likeness (QED) is 0.660. The predicted octanol–water partition coefficient (Wildman–Crippen LogP) is -0.0887. The molecule has 3 amide bonds. The molecule has 0 spiro atoms. The summed E-state index contributed by atoms with van der Waals surface area (Å²) in [6, 6.07) is 1.71. The van der Waals surface area contributed by atoms with Crippen molar-refractivity contribution in [3.05, 3.63) is 33.7 Å². The van der Waals surface area contributed by atoms with E-state index in [4.69, 9.17) is 0 Å². The molecular formula is C18H27N5O3. The summed E-state index contributed by atoms with van der Waals surface area (Å²) >= 11 is 0. The Bertz CT molecular complexity index is 724. The molecule has 0 bridgehead atoms. The van der Waals surface area contributed by atoms with Gasteiger partial charge in [0.1, 0.15) is 5.56 Å². The van der Waals surface area contributed by atoms with Crippen LogP contribution in [-0.2, 0) is 6.54 Å². The first-order valence-electron chi connectivity index (χ1n) is 9.28. The molecule has 0 radical (unpaired) electrons. The van der Waals surface area contributed by atoms with Gasteiger partial charge in [0.2, 0.25) is 0 Å². The van der Waals surface area contributed by atoms with E-state index in [2.05, 4.69) is 16.0 Å². The first-order chi connectivity index (χ1) is 12.6. The number of carbonyl (C=O) groups is 2. The summed E-state index contributed by atoms with van der Waals surface area (Å²) < 4.78 is 1.65. The van der Waals surface area contributed by atoms with Crippen molar-refractivity contribution < 1.29 is 9.59 Å². The standard InChI is InChI=1S/C18H27N5O3/c1-13-4-8-23(12-14-3-2-5-19-11-14)17(25)15(13)16(24)20-6-9-22-10-7-21-18(22)26/h4,8,14,19H,2-3,5-7,9-12H2,1H3,(H,20,24)(H,21,26). The number of amides is 3. The van der Waals surface area contributed by atoms with Crippen LogP contribution in [0.5, 0.6) is 0 Å². The first-order valence-corrected chi connectivity index (χ1v) is 9.28. The molecule has 1 aromatic rings. The van der Waals surface area contributed by atoms with Gasteiger partial charge in [-0.1, -0.05) is 0 Å². The number of hydrogen-bond acceptors (Lipinski definition) is 4. The van der Waals surface area contributed by atoms with Crippen LogP contribution in [0.3, 0.4) is 0 Å². The summed E-state index contributed by atoms with van der Waals surface area (Å²) in [5.41, 5.74) is 0.624. The maximum absolute atomic E-state index is 12.8. The highest BCUT2D eigenvalue weighted by Gasteiger charge is 2.21. The number of urea groups is 1. The van der Waals surface area contributed by atoms with Crippen LogP contribution >= 0.6 is 0 Å². The highest BCUT2D eigenvalue weighted by atomic mass is 16.2. The summed E-state index contributed by atoms with van der Waals surface area (Å²) in [4.78, 5) is 38.5. The summed E-state index contributed by atoms with van der Waals surface area (Å²) in [5, 5.41) is 8.84. The molecule has 1 unspecified atom stereocenters. The topological polar surface area (TPSA) is 95.5 Å². The average molecular weight is 361 g/mol. The minimum Gasteiger partial charge on any atom is -0.350 e. The summed E-state index contributed by atoms with van der Waals surface area (Å²) in [6.45, 7) is 6.36. The van der Waals surface area contributed by atoms with Crippen molar-refractivity contribution in [3.63, 3.8) is 0 Å². The molecule has 3 heterocycles. The molecule has 0 saturated carbocycles. The number of aryl methyl sites for hydroxylation is 1. The zero-order valence-corrected chi connectivity index (χ0v) is 15.2. The van der Waals surface area contributed by atoms with E-state index in [1.807, 2.05) is 6.07 Å². The van der Waals surface area contributed by atoms with Gasteiger partial charge >= 0.3 is 6.03 Å². The van der Waals surface area contributed by atoms with Crippen LogP contribution in [0.15, 0.2) is 17.1 Å². The lowest BCUT2D eigenvalue weighted by molar-refractivity contribution is 0.0947. The van der Waals surface area contributed by atoms with Crippen molar-refractivity contribution in [2.75, 3.05) is 39.3 Å². The lowest BCUT2D eigenvalue weighted by atomic mass is 9.99. The fraction of sp³-hybridized carbons (Fsp3) is 0.611. The van der Waals surface area contributed by atoms with Gasteiger partial charge in [0, 0.05) is 38.9 Å². The summed E-state index contributed by atoms with van der Waals surface area (Å²) in [6.07, 6.45) is 3.98. The van der Waals surface area contributed by atoms with Crippen LogP contribution in [0.4, 0.5) is 4.79 Å². The molecule has 0 aromatic carbocycles. The molecule has 26 heavy (non-hydrogen) atoms. The van der Waals surface area contributed by atoms with Crippen LogP contribution in [-0.4, -0.2) is 60.7 Å². The van der Waals surface area contributed by atoms with E-state index in [0.29, 0.717) is 44.2 Å². The minimum atomic E-state index is -0.372. The molecule has 0 aliphatic carbocycles. The van der Waals surface area contributed by atoms with Gasteiger partial charge in [-0.3, -0.25) is 9.59 Å². The molecule has 2 fully saturated rings. The van der Waals surface area contributed by atoms with Crippen LogP contribution in [0, 0.1) is 12.8 Å². The van der Waals surface area contributed by atoms with E-state index in [1.165, 1.54) is 0 Å². The van der Waals surface area contributed by atoms with Gasteiger partial charge in [-0.15, -0.1) is 0 Å². The van der Waals surface area contributed by atoms with E-state index < -0.39 is 0 Å². The Morgan fingerprint density at radius 2 is 2.19 bits per heavy atom. The number of hydrogen-bond donors (Lipinski definition) is 3. The molecule has 1 atom stereocenters. The van der Waals surface area contributed by atoms with Crippen molar-refractivity contribution in [3.8, 4) is 0 Å². The monoisotopic (exact) mass is 361 g/mol. The molecule has 2 aliphatic heterocycles. The van der Waals surface area contributed by atoms with Gasteiger partial charge < -0.3 is 25.4 Å². The van der Waals surface area contributed by atoms with Crippen LogP contribution in [0.2, 0.25) is 0 Å². The Hall–Kier alpha value is -2.35. The summed E-state index contributed by atoms with van der Waals surface area (Å²) in [5.74, 6) is 0.0389. The number of piperidine rings is 1. The SMILES string of the molecule is Cc1ccn(CC2CCCNC2)c(=O)c1C(=O)NCCN1CCNC1=O. The van der Waals surface area contributed by atoms with E-state index in [9.17, 15) is 14.4 Å². The third-order valence-electron chi connectivity index (χ3n) is 5.07. The van der Waals surface area contributed by atoms with E-state index in [0.717, 1.165) is 25.9 Å². The number of nitrogens with zero attached hydrogens (tertiary/aromatic N) is 2. The van der Waals surface area contributed by atoms with E-state index in [1.54, 1.807) is 22.6 Å². The normalized spacial score (nSPS) is 20.1. The van der Waals surface area contributed by atoms with Crippen LogP contribution in [0.1, 0.15) is 28.8 Å². The first kappa shape index (κ1) is 18.4. The summed E-state index contributed by atoms with van der Waals surface area (Å²) in [7, 11) is 0. The number of aromatic nitrogens is 1. The molecule has 8 nitrogen and oxygen atoms in total. The highest BCUT2D eigenvalue weighted by molar-refractivity contribution is 5.95. The molecule has 8 heteroatoms. The maximum atomic E-state index is 12.8. The Morgan fingerprint density at radius 1 is 1.35 bits per heavy atom. The molecule has 3 rings (SSSR count). The van der Waals surface area contributed by atoms with E-state index in [-0.39, 0.29) is 23.1 Å². The van der Waals surface area contributed by atoms with Crippen molar-refractivity contribution >= 4 is 11.9 Å². The van der Waals surface area contributed by atoms with Crippen LogP contribution < -0.4 is 21.5 Å². The fourth-order valence-electron chi connectivity index (χ4n) is 3.56. The van der Waals surface area contributed by atoms with Gasteiger partial charge in [0.05, 0.1) is 0 Å². The second kappa shape index (κ2) is 8.35. The second-order valence-corrected chi connectivity index (χ2v) is 7.02. The van der Waals surface area contributed by atoms with Crippen molar-refractivity contribution in [1.29, 1.82) is 0 Å².